The highest BCUT2D eigenvalue weighted by Gasteiger charge is 2.19. The first kappa shape index (κ1) is 18.7. The van der Waals surface area contributed by atoms with E-state index >= 15 is 0 Å². The highest BCUT2D eigenvalue weighted by atomic mass is 16.6. The van der Waals surface area contributed by atoms with Gasteiger partial charge in [-0.05, 0) is 18.2 Å². The van der Waals surface area contributed by atoms with Crippen molar-refractivity contribution in [2.45, 2.75) is 0 Å². The molecule has 30 heavy (non-hydrogen) atoms. The number of aromatic nitrogens is 2. The van der Waals surface area contributed by atoms with Crippen molar-refractivity contribution in [3.63, 3.8) is 0 Å². The number of pyridine rings is 1. The molecule has 0 atom stereocenters. The number of non-ortho nitro benzene ring substituents is 1. The molecular weight excluding hydrogens is 388 g/mol. The van der Waals surface area contributed by atoms with Crippen LogP contribution < -0.4 is 5.43 Å². The van der Waals surface area contributed by atoms with Crippen molar-refractivity contribution in [2.75, 3.05) is 5.43 Å². The van der Waals surface area contributed by atoms with E-state index in [4.69, 9.17) is 0 Å². The van der Waals surface area contributed by atoms with E-state index in [2.05, 4.69) is 15.5 Å². The van der Waals surface area contributed by atoms with Crippen molar-refractivity contribution in [3.05, 3.63) is 98.8 Å². The zero-order chi connectivity index (χ0) is 21.1. The molecule has 0 saturated carbocycles. The minimum absolute atomic E-state index is 0.0388. The standard InChI is InChI=1S/C20H14N6O4/c27-25(28)15-9-10-16(17(12-15)26(29)30)23-21-13-18-20(14-6-2-1-3-7-14)22-19-8-4-5-11-24(18)19/h1-13,23H/b21-13+. The van der Waals surface area contributed by atoms with Gasteiger partial charge in [-0.2, -0.15) is 5.10 Å². The van der Waals surface area contributed by atoms with E-state index in [-0.39, 0.29) is 11.4 Å². The summed E-state index contributed by atoms with van der Waals surface area (Å²) in [7, 11) is 0. The largest absolute Gasteiger partial charge is 0.301 e. The Morgan fingerprint density at radius 2 is 1.73 bits per heavy atom. The lowest BCUT2D eigenvalue weighted by Crippen LogP contribution is -2.00. The molecule has 0 unspecified atom stereocenters. The fourth-order valence-corrected chi connectivity index (χ4v) is 2.99. The Balaban J connectivity index is 1.72. The lowest BCUT2D eigenvalue weighted by Gasteiger charge is -2.03. The van der Waals surface area contributed by atoms with E-state index in [0.29, 0.717) is 11.4 Å². The predicted octanol–water partition coefficient (Wildman–Crippen LogP) is 4.26. The third-order valence-electron chi connectivity index (χ3n) is 4.37. The molecule has 0 aliphatic heterocycles. The molecule has 0 radical (unpaired) electrons. The SMILES string of the molecule is O=[N+]([O-])c1ccc(N/N=C/c2c(-c3ccccc3)nc3ccccn23)c([N+](=O)[O-])c1. The van der Waals surface area contributed by atoms with Crippen LogP contribution >= 0.6 is 0 Å². The number of nitro benzene ring substituents is 2. The molecule has 0 aliphatic rings. The molecule has 0 saturated heterocycles. The zero-order valence-corrected chi connectivity index (χ0v) is 15.4. The Bertz CT molecular complexity index is 1280. The molecule has 2 aromatic heterocycles. The monoisotopic (exact) mass is 402 g/mol. The van der Waals surface area contributed by atoms with E-state index in [1.165, 1.54) is 18.3 Å². The van der Waals surface area contributed by atoms with Crippen LogP contribution in [0.1, 0.15) is 5.69 Å². The van der Waals surface area contributed by atoms with E-state index in [1.54, 1.807) is 0 Å². The summed E-state index contributed by atoms with van der Waals surface area (Å²) in [5.74, 6) is 0. The second-order valence-corrected chi connectivity index (χ2v) is 6.23. The summed E-state index contributed by atoms with van der Waals surface area (Å²) >= 11 is 0. The van der Waals surface area contributed by atoms with Crippen LogP contribution in [0.15, 0.2) is 78.0 Å². The Morgan fingerprint density at radius 3 is 2.47 bits per heavy atom. The first-order valence-corrected chi connectivity index (χ1v) is 8.79. The lowest BCUT2D eigenvalue weighted by molar-refractivity contribution is -0.393. The number of hydrogen-bond donors (Lipinski definition) is 1. The van der Waals surface area contributed by atoms with Crippen LogP contribution in [0.4, 0.5) is 17.1 Å². The molecule has 0 bridgehead atoms. The smallest absolute Gasteiger partial charge is 0.298 e. The van der Waals surface area contributed by atoms with Crippen molar-refractivity contribution < 1.29 is 9.85 Å². The minimum Gasteiger partial charge on any atom is -0.298 e. The van der Waals surface area contributed by atoms with E-state index in [9.17, 15) is 20.2 Å². The van der Waals surface area contributed by atoms with Gasteiger partial charge in [0.15, 0.2) is 0 Å². The minimum atomic E-state index is -0.700. The Hall–Kier alpha value is -4.60. The molecule has 10 nitrogen and oxygen atoms in total. The number of hydrazone groups is 1. The molecule has 4 rings (SSSR count). The van der Waals surface area contributed by atoms with Gasteiger partial charge in [0.05, 0.1) is 33.5 Å². The average molecular weight is 402 g/mol. The maximum Gasteiger partial charge on any atom is 0.301 e. The lowest BCUT2D eigenvalue weighted by atomic mass is 10.1. The maximum atomic E-state index is 11.3. The third-order valence-corrected chi connectivity index (χ3v) is 4.37. The van der Waals surface area contributed by atoms with Gasteiger partial charge in [-0.15, -0.1) is 0 Å². The van der Waals surface area contributed by atoms with Crippen molar-refractivity contribution in [1.82, 2.24) is 9.38 Å². The summed E-state index contributed by atoms with van der Waals surface area (Å²) in [5, 5.41) is 26.3. The Morgan fingerprint density at radius 1 is 0.967 bits per heavy atom. The van der Waals surface area contributed by atoms with Crippen molar-refractivity contribution in [2.24, 2.45) is 5.10 Å². The first-order chi connectivity index (χ1) is 14.5. The Labute approximate surface area is 169 Å². The van der Waals surface area contributed by atoms with Gasteiger partial charge >= 0.3 is 5.69 Å². The topological polar surface area (TPSA) is 128 Å². The van der Waals surface area contributed by atoms with Crippen LogP contribution in [-0.4, -0.2) is 25.4 Å². The number of imidazole rings is 1. The molecule has 2 aromatic carbocycles. The van der Waals surface area contributed by atoms with Gasteiger partial charge in [-0.25, -0.2) is 4.98 Å². The first-order valence-electron chi connectivity index (χ1n) is 8.79. The molecule has 0 spiro atoms. The summed E-state index contributed by atoms with van der Waals surface area (Å²) in [4.78, 5) is 25.4. The molecule has 0 aliphatic carbocycles. The second-order valence-electron chi connectivity index (χ2n) is 6.23. The van der Waals surface area contributed by atoms with Crippen LogP contribution in [-0.2, 0) is 0 Å². The number of nitro groups is 2. The molecule has 4 aromatic rings. The van der Waals surface area contributed by atoms with Crippen LogP contribution in [0.25, 0.3) is 16.9 Å². The molecule has 2 heterocycles. The van der Waals surface area contributed by atoms with Crippen molar-refractivity contribution in [1.29, 1.82) is 0 Å². The van der Waals surface area contributed by atoms with Crippen LogP contribution in [0.2, 0.25) is 0 Å². The molecule has 1 N–H and O–H groups in total. The van der Waals surface area contributed by atoms with Crippen LogP contribution in [0.5, 0.6) is 0 Å². The molecule has 0 amide bonds. The van der Waals surface area contributed by atoms with Gasteiger partial charge in [0, 0.05) is 17.8 Å². The van der Waals surface area contributed by atoms with Gasteiger partial charge in [0.2, 0.25) is 0 Å². The van der Waals surface area contributed by atoms with Gasteiger partial charge < -0.3 is 0 Å². The summed E-state index contributed by atoms with van der Waals surface area (Å²) in [6.45, 7) is 0. The maximum absolute atomic E-state index is 11.3. The fourth-order valence-electron chi connectivity index (χ4n) is 2.99. The van der Waals surface area contributed by atoms with Gasteiger partial charge in [-0.1, -0.05) is 36.4 Å². The Kier molecular flexibility index (Phi) is 4.87. The summed E-state index contributed by atoms with van der Waals surface area (Å²) in [6.07, 6.45) is 3.35. The van der Waals surface area contributed by atoms with Crippen LogP contribution in [0, 0.1) is 20.2 Å². The number of nitrogens with zero attached hydrogens (tertiary/aromatic N) is 5. The van der Waals surface area contributed by atoms with Crippen molar-refractivity contribution >= 4 is 28.9 Å². The van der Waals surface area contributed by atoms with Gasteiger partial charge in [0.1, 0.15) is 11.3 Å². The molecular formula is C20H14N6O4. The van der Waals surface area contributed by atoms with Crippen molar-refractivity contribution in [3.8, 4) is 11.3 Å². The van der Waals surface area contributed by atoms with E-state index < -0.39 is 15.5 Å². The third kappa shape index (κ3) is 3.56. The summed E-state index contributed by atoms with van der Waals surface area (Å²) < 4.78 is 1.85. The quantitative estimate of drug-likeness (QED) is 0.291. The van der Waals surface area contributed by atoms with Crippen LogP contribution in [0.3, 0.4) is 0 Å². The predicted molar refractivity (Wildman–Crippen MR) is 112 cm³/mol. The highest BCUT2D eigenvalue weighted by molar-refractivity contribution is 5.89. The fraction of sp³-hybridized carbons (Fsp3) is 0. The molecule has 10 heteroatoms. The number of benzene rings is 2. The number of anilines is 1. The van der Waals surface area contributed by atoms with E-state index in [0.717, 1.165) is 17.3 Å². The number of fused-ring (bicyclic) bond motifs is 1. The number of nitrogens with one attached hydrogen (secondary N) is 1. The molecule has 0 fully saturated rings. The zero-order valence-electron chi connectivity index (χ0n) is 15.4. The normalized spacial score (nSPS) is 11.1. The second kappa shape index (κ2) is 7.80. The number of hydrogen-bond acceptors (Lipinski definition) is 7. The van der Waals surface area contributed by atoms with Gasteiger partial charge in [0.25, 0.3) is 5.69 Å². The highest BCUT2D eigenvalue weighted by Crippen LogP contribution is 2.29. The average Bonchev–Trinajstić information content (AvgIpc) is 3.13. The summed E-state index contributed by atoms with van der Waals surface area (Å²) in [5.41, 5.74) is 4.82. The molecule has 148 valence electrons. The van der Waals surface area contributed by atoms with E-state index in [1.807, 2.05) is 59.1 Å². The number of rotatable bonds is 6. The summed E-state index contributed by atoms with van der Waals surface area (Å²) in [6, 6.07) is 18.5. The van der Waals surface area contributed by atoms with Gasteiger partial charge in [-0.3, -0.25) is 30.1 Å².